The fraction of sp³-hybridized carbons (Fsp3) is 0.200. The van der Waals surface area contributed by atoms with Crippen molar-refractivity contribution in [2.24, 2.45) is 0 Å². The molecule has 0 saturated carbocycles. The maximum absolute atomic E-state index is 10.2. The van der Waals surface area contributed by atoms with E-state index in [4.69, 9.17) is 11.6 Å². The van der Waals surface area contributed by atoms with Gasteiger partial charge in [0, 0.05) is 6.54 Å². The number of carbonyl (C=O) groups excluding carboxylic acids is 2. The minimum atomic E-state index is -0.787. The van der Waals surface area contributed by atoms with E-state index in [-0.39, 0.29) is 6.54 Å². The summed E-state index contributed by atoms with van der Waals surface area (Å²) in [6.45, 7) is 3.48. The molecule has 0 fully saturated rings. The summed E-state index contributed by atoms with van der Waals surface area (Å²) in [6.07, 6.45) is 1.77. The van der Waals surface area contributed by atoms with Gasteiger partial charge in [-0.1, -0.05) is 6.08 Å². The molecule has 0 aliphatic rings. The second-order valence-corrected chi connectivity index (χ2v) is 1.62. The van der Waals surface area contributed by atoms with E-state index >= 15 is 0 Å². The van der Waals surface area contributed by atoms with Crippen molar-refractivity contribution in [1.82, 2.24) is 4.90 Å². The molecule has 0 heterocycles. The summed E-state index contributed by atoms with van der Waals surface area (Å²) in [7, 11) is 0. The van der Waals surface area contributed by atoms with Gasteiger partial charge in [-0.15, -0.1) is 6.58 Å². The zero-order valence-corrected chi connectivity index (χ0v) is 5.47. The summed E-state index contributed by atoms with van der Waals surface area (Å²) in [5.41, 5.74) is 0. The molecule has 3 nitrogen and oxygen atoms in total. The molecule has 0 N–H and O–H groups in total. The number of carbonyl (C=O) groups is 2. The molecular weight excluding hydrogens is 142 g/mol. The molecule has 0 aromatic carbocycles. The van der Waals surface area contributed by atoms with Crippen molar-refractivity contribution in [3.05, 3.63) is 12.7 Å². The summed E-state index contributed by atoms with van der Waals surface area (Å²) < 4.78 is 0. The Morgan fingerprint density at radius 2 is 2.33 bits per heavy atom. The molecule has 0 radical (unpaired) electrons. The Kier molecular flexibility index (Phi) is 3.71. The van der Waals surface area contributed by atoms with E-state index in [2.05, 4.69) is 6.58 Å². The van der Waals surface area contributed by atoms with E-state index in [0.29, 0.717) is 6.41 Å². The zero-order chi connectivity index (χ0) is 7.28. The zero-order valence-electron chi connectivity index (χ0n) is 4.71. The third-order valence-electron chi connectivity index (χ3n) is 0.679. The first-order valence-corrected chi connectivity index (χ1v) is 2.62. The third kappa shape index (κ3) is 2.87. The summed E-state index contributed by atoms with van der Waals surface area (Å²) in [5.74, 6) is 0. The predicted octanol–water partition coefficient (Wildman–Crippen LogP) is 0.990. The minimum Gasteiger partial charge on any atom is -0.278 e. The highest BCUT2D eigenvalue weighted by Crippen LogP contribution is 1.91. The molecule has 0 bridgehead atoms. The van der Waals surface area contributed by atoms with E-state index in [1.807, 2.05) is 0 Å². The van der Waals surface area contributed by atoms with Crippen LogP contribution in [0.4, 0.5) is 4.79 Å². The van der Waals surface area contributed by atoms with Crippen LogP contribution in [-0.2, 0) is 4.79 Å². The Balaban J connectivity index is 3.81. The van der Waals surface area contributed by atoms with Crippen molar-refractivity contribution >= 4 is 23.4 Å². The van der Waals surface area contributed by atoms with Gasteiger partial charge in [0.05, 0.1) is 0 Å². The summed E-state index contributed by atoms with van der Waals surface area (Å²) in [5, 5.41) is -0.787. The Morgan fingerprint density at radius 1 is 1.78 bits per heavy atom. The van der Waals surface area contributed by atoms with Crippen LogP contribution in [0.15, 0.2) is 12.7 Å². The molecule has 0 aromatic heterocycles. The Bertz CT molecular complexity index is 135. The molecule has 0 aliphatic heterocycles. The maximum Gasteiger partial charge on any atom is 0.323 e. The number of amides is 2. The monoisotopic (exact) mass is 147 g/mol. The quantitative estimate of drug-likeness (QED) is 0.258. The van der Waals surface area contributed by atoms with Crippen LogP contribution in [0.1, 0.15) is 0 Å². The fourth-order valence-electron chi connectivity index (χ4n) is 0.295. The summed E-state index contributed by atoms with van der Waals surface area (Å²) in [6, 6.07) is 0. The Hall–Kier alpha value is -0.830. The fourth-order valence-corrected chi connectivity index (χ4v) is 0.404. The van der Waals surface area contributed by atoms with Crippen molar-refractivity contribution in [1.29, 1.82) is 0 Å². The van der Waals surface area contributed by atoms with Gasteiger partial charge in [0.1, 0.15) is 0 Å². The first-order valence-electron chi connectivity index (χ1n) is 2.24. The van der Waals surface area contributed by atoms with Crippen LogP contribution >= 0.6 is 11.6 Å². The number of hydrogen-bond donors (Lipinski definition) is 0. The minimum absolute atomic E-state index is 0.159. The van der Waals surface area contributed by atoms with Gasteiger partial charge in [0.2, 0.25) is 6.41 Å². The molecule has 50 valence electrons. The molecule has 0 aromatic rings. The molecule has 4 heteroatoms. The smallest absolute Gasteiger partial charge is 0.278 e. The number of imide groups is 1. The molecule has 0 atom stereocenters. The van der Waals surface area contributed by atoms with Gasteiger partial charge >= 0.3 is 5.37 Å². The van der Waals surface area contributed by atoms with Gasteiger partial charge in [-0.3, -0.25) is 14.5 Å². The van der Waals surface area contributed by atoms with E-state index < -0.39 is 5.37 Å². The number of hydrogen-bond acceptors (Lipinski definition) is 2. The molecule has 0 rings (SSSR count). The molecule has 0 saturated heterocycles. The molecule has 2 amide bonds. The highest BCUT2D eigenvalue weighted by atomic mass is 35.5. The maximum atomic E-state index is 10.2. The van der Waals surface area contributed by atoms with Crippen molar-refractivity contribution in [2.45, 2.75) is 0 Å². The van der Waals surface area contributed by atoms with Gasteiger partial charge in [0.25, 0.3) is 0 Å². The molecule has 0 aliphatic carbocycles. The van der Waals surface area contributed by atoms with Gasteiger partial charge in [-0.25, -0.2) is 0 Å². The lowest BCUT2D eigenvalue weighted by atomic mass is 10.6. The van der Waals surface area contributed by atoms with Gasteiger partial charge in [0.15, 0.2) is 0 Å². The van der Waals surface area contributed by atoms with E-state index in [9.17, 15) is 9.59 Å². The van der Waals surface area contributed by atoms with Crippen LogP contribution in [0.5, 0.6) is 0 Å². The number of halogens is 1. The Labute approximate surface area is 57.9 Å². The van der Waals surface area contributed by atoms with Gasteiger partial charge in [-0.2, -0.15) is 0 Å². The average Bonchev–Trinajstić information content (AvgIpc) is 1.82. The van der Waals surface area contributed by atoms with Crippen LogP contribution in [-0.4, -0.2) is 23.2 Å². The standard InChI is InChI=1S/C5H6ClNO2/c1-2-3-7(4-8)5(6)9/h2,4H,1,3H2. The molecule has 9 heavy (non-hydrogen) atoms. The van der Waals surface area contributed by atoms with Gasteiger partial charge < -0.3 is 0 Å². The van der Waals surface area contributed by atoms with E-state index in [1.165, 1.54) is 6.08 Å². The largest absolute Gasteiger partial charge is 0.323 e. The van der Waals surface area contributed by atoms with Crippen molar-refractivity contribution in [3.63, 3.8) is 0 Å². The second-order valence-electron chi connectivity index (χ2n) is 1.30. The lowest BCUT2D eigenvalue weighted by Crippen LogP contribution is -2.23. The lowest BCUT2D eigenvalue weighted by Gasteiger charge is -2.05. The third-order valence-corrected chi connectivity index (χ3v) is 0.896. The molecule has 0 unspecified atom stereocenters. The van der Waals surface area contributed by atoms with E-state index in [0.717, 1.165) is 4.90 Å². The van der Waals surface area contributed by atoms with E-state index in [1.54, 1.807) is 0 Å². The molecular formula is C5H6ClNO2. The normalized spacial score (nSPS) is 8.11. The average molecular weight is 148 g/mol. The van der Waals surface area contributed by atoms with Crippen LogP contribution < -0.4 is 0 Å². The van der Waals surface area contributed by atoms with Crippen LogP contribution in [0.3, 0.4) is 0 Å². The summed E-state index contributed by atoms with van der Waals surface area (Å²) >= 11 is 4.93. The predicted molar refractivity (Wildman–Crippen MR) is 34.2 cm³/mol. The SMILES string of the molecule is C=CCN(C=O)C(=O)Cl. The second kappa shape index (κ2) is 4.09. The highest BCUT2D eigenvalue weighted by Gasteiger charge is 2.04. The summed E-state index contributed by atoms with van der Waals surface area (Å²) in [4.78, 5) is 20.9. The van der Waals surface area contributed by atoms with Crippen LogP contribution in [0.25, 0.3) is 0 Å². The first kappa shape index (κ1) is 8.17. The number of nitrogens with zero attached hydrogens (tertiary/aromatic N) is 1. The van der Waals surface area contributed by atoms with Crippen LogP contribution in [0.2, 0.25) is 0 Å². The molecule has 0 spiro atoms. The first-order chi connectivity index (χ1) is 4.22. The van der Waals surface area contributed by atoms with Crippen molar-refractivity contribution < 1.29 is 9.59 Å². The lowest BCUT2D eigenvalue weighted by molar-refractivity contribution is -0.114. The van der Waals surface area contributed by atoms with Crippen molar-refractivity contribution in [3.8, 4) is 0 Å². The van der Waals surface area contributed by atoms with Crippen molar-refractivity contribution in [2.75, 3.05) is 6.54 Å². The highest BCUT2D eigenvalue weighted by molar-refractivity contribution is 6.63. The van der Waals surface area contributed by atoms with Gasteiger partial charge in [-0.05, 0) is 11.6 Å². The topological polar surface area (TPSA) is 37.4 Å². The van der Waals surface area contributed by atoms with Crippen LogP contribution in [0, 0.1) is 0 Å². The Morgan fingerprint density at radius 3 is 2.44 bits per heavy atom. The number of rotatable bonds is 3.